The van der Waals surface area contributed by atoms with E-state index in [1.807, 2.05) is 48.7 Å². The maximum Gasteiger partial charge on any atom is 0.272 e. The minimum Gasteiger partial charge on any atom is -0.322 e. The molecule has 0 unspecified atom stereocenters. The van der Waals surface area contributed by atoms with Gasteiger partial charge in [0.25, 0.3) is 17.7 Å². The van der Waals surface area contributed by atoms with Crippen molar-refractivity contribution >= 4 is 46.5 Å². The van der Waals surface area contributed by atoms with Gasteiger partial charge in [-0.1, -0.05) is 63.2 Å². The lowest BCUT2D eigenvalue weighted by atomic mass is 9.87. The largest absolute Gasteiger partial charge is 0.322 e. The summed E-state index contributed by atoms with van der Waals surface area (Å²) in [4.78, 5) is 39.9. The number of carbonyl (C=O) groups excluding carboxylic acids is 3. The van der Waals surface area contributed by atoms with Crippen molar-refractivity contribution in [2.75, 3.05) is 10.6 Å². The summed E-state index contributed by atoms with van der Waals surface area (Å²) in [5.74, 6) is -1.10. The molecule has 3 N–H and O–H groups in total. The van der Waals surface area contributed by atoms with E-state index < -0.39 is 5.91 Å². The topological polar surface area (TPSA) is 87.3 Å². The lowest BCUT2D eigenvalue weighted by molar-refractivity contribution is -0.113. The first kappa shape index (κ1) is 27.5. The van der Waals surface area contributed by atoms with Gasteiger partial charge in [0.2, 0.25) is 0 Å². The van der Waals surface area contributed by atoms with E-state index in [0.717, 1.165) is 16.0 Å². The van der Waals surface area contributed by atoms with Crippen molar-refractivity contribution in [2.24, 2.45) is 0 Å². The summed E-state index contributed by atoms with van der Waals surface area (Å²) < 4.78 is 0. The molecule has 198 valence electrons. The van der Waals surface area contributed by atoms with Gasteiger partial charge in [-0.05, 0) is 77.4 Å². The third kappa shape index (κ3) is 7.30. The number of hydrogen-bond donors (Lipinski definition) is 3. The number of anilines is 2. The molecule has 3 amide bonds. The molecular formula is C32H31N3O3S. The van der Waals surface area contributed by atoms with Crippen LogP contribution < -0.4 is 16.0 Å². The van der Waals surface area contributed by atoms with Gasteiger partial charge >= 0.3 is 0 Å². The molecule has 7 heteroatoms. The van der Waals surface area contributed by atoms with Crippen LogP contribution in [0.5, 0.6) is 0 Å². The van der Waals surface area contributed by atoms with Crippen LogP contribution in [0.2, 0.25) is 0 Å². The van der Waals surface area contributed by atoms with Crippen molar-refractivity contribution in [2.45, 2.75) is 33.1 Å². The second kappa shape index (κ2) is 11.9. The second-order valence-electron chi connectivity index (χ2n) is 10.2. The Bertz CT molecular complexity index is 1520. The fourth-order valence-electron chi connectivity index (χ4n) is 3.89. The lowest BCUT2D eigenvalue weighted by Crippen LogP contribution is -2.31. The second-order valence-corrected chi connectivity index (χ2v) is 11.1. The summed E-state index contributed by atoms with van der Waals surface area (Å²) >= 11 is 1.46. The molecular weight excluding hydrogens is 506 g/mol. The molecule has 0 fully saturated rings. The average Bonchev–Trinajstić information content (AvgIpc) is 3.41. The third-order valence-electron chi connectivity index (χ3n) is 6.10. The first-order chi connectivity index (χ1) is 18.6. The van der Waals surface area contributed by atoms with Crippen LogP contribution in [0.1, 0.15) is 57.5 Å². The van der Waals surface area contributed by atoms with Gasteiger partial charge in [-0.15, -0.1) is 11.3 Å². The minimum absolute atomic E-state index is 0.00224. The molecule has 4 rings (SSSR count). The van der Waals surface area contributed by atoms with Gasteiger partial charge in [0, 0.05) is 27.4 Å². The maximum atomic E-state index is 13.3. The number of amides is 3. The maximum absolute atomic E-state index is 13.3. The van der Waals surface area contributed by atoms with Crippen LogP contribution in [-0.4, -0.2) is 17.7 Å². The van der Waals surface area contributed by atoms with Gasteiger partial charge in [0.05, 0.1) is 0 Å². The van der Waals surface area contributed by atoms with Crippen LogP contribution in [0.25, 0.3) is 6.08 Å². The Kier molecular flexibility index (Phi) is 8.42. The highest BCUT2D eigenvalue weighted by atomic mass is 32.1. The van der Waals surface area contributed by atoms with Gasteiger partial charge in [0.1, 0.15) is 5.70 Å². The van der Waals surface area contributed by atoms with Gasteiger partial charge in [-0.2, -0.15) is 0 Å². The van der Waals surface area contributed by atoms with E-state index in [4.69, 9.17) is 0 Å². The van der Waals surface area contributed by atoms with Crippen molar-refractivity contribution in [3.8, 4) is 0 Å². The first-order valence-electron chi connectivity index (χ1n) is 12.6. The van der Waals surface area contributed by atoms with E-state index in [0.29, 0.717) is 22.5 Å². The Hall–Kier alpha value is -4.49. The predicted octanol–water partition coefficient (Wildman–Crippen LogP) is 7.02. The van der Waals surface area contributed by atoms with Crippen LogP contribution in [0.3, 0.4) is 0 Å². The fourth-order valence-corrected chi connectivity index (χ4v) is 4.55. The molecule has 0 atom stereocenters. The molecule has 3 aromatic carbocycles. The number of nitrogens with one attached hydrogen (secondary N) is 3. The number of aryl methyl sites for hydroxylation is 1. The molecule has 0 radical (unpaired) electrons. The third-order valence-corrected chi connectivity index (χ3v) is 6.92. The number of hydrogen-bond acceptors (Lipinski definition) is 4. The molecule has 1 heterocycles. The fraction of sp³-hybridized carbons (Fsp3) is 0.156. The normalized spacial score (nSPS) is 11.5. The summed E-state index contributed by atoms with van der Waals surface area (Å²) in [6.07, 6.45) is 1.64. The molecule has 0 aliphatic heterocycles. The van der Waals surface area contributed by atoms with Gasteiger partial charge < -0.3 is 16.0 Å². The number of rotatable bonds is 7. The van der Waals surface area contributed by atoms with E-state index in [9.17, 15) is 14.4 Å². The molecule has 0 spiro atoms. The zero-order chi connectivity index (χ0) is 28.0. The summed E-state index contributed by atoms with van der Waals surface area (Å²) in [6.45, 7) is 8.21. The Morgan fingerprint density at radius 1 is 0.769 bits per heavy atom. The summed E-state index contributed by atoms with van der Waals surface area (Å²) in [5.41, 5.74) is 4.09. The predicted molar refractivity (Wildman–Crippen MR) is 159 cm³/mol. The average molecular weight is 538 g/mol. The highest BCUT2D eigenvalue weighted by Crippen LogP contribution is 2.23. The van der Waals surface area contributed by atoms with Crippen LogP contribution in [0.15, 0.2) is 96.0 Å². The van der Waals surface area contributed by atoms with Crippen LogP contribution >= 0.6 is 11.3 Å². The van der Waals surface area contributed by atoms with Crippen molar-refractivity contribution in [1.29, 1.82) is 0 Å². The molecule has 4 aromatic rings. The standard InChI is InChI=1S/C32H31N3O3S/c1-21-9-5-6-13-27(21)30(37)35-28(20-26-12-8-18-39-26)31(38)34-25-11-7-10-24(19-25)33-29(36)22-14-16-23(17-15-22)32(2,3)4/h5-20H,1-4H3,(H,33,36)(H,34,38)(H,35,37)/b28-20-. The molecule has 39 heavy (non-hydrogen) atoms. The highest BCUT2D eigenvalue weighted by molar-refractivity contribution is 7.10. The number of carbonyl (C=O) groups is 3. The van der Waals surface area contributed by atoms with E-state index in [1.165, 1.54) is 11.3 Å². The monoisotopic (exact) mass is 537 g/mol. The SMILES string of the molecule is Cc1ccccc1C(=O)N/C(=C\c1cccs1)C(=O)Nc1cccc(NC(=O)c2ccc(C(C)(C)C)cc2)c1. The van der Waals surface area contributed by atoms with Crippen molar-refractivity contribution in [3.63, 3.8) is 0 Å². The van der Waals surface area contributed by atoms with E-state index >= 15 is 0 Å². The minimum atomic E-state index is -0.480. The summed E-state index contributed by atoms with van der Waals surface area (Å²) in [7, 11) is 0. The van der Waals surface area contributed by atoms with E-state index in [-0.39, 0.29) is 22.9 Å². The van der Waals surface area contributed by atoms with Crippen molar-refractivity contribution in [1.82, 2.24) is 5.32 Å². The van der Waals surface area contributed by atoms with Crippen molar-refractivity contribution < 1.29 is 14.4 Å². The Morgan fingerprint density at radius 3 is 2.10 bits per heavy atom. The van der Waals surface area contributed by atoms with Crippen LogP contribution in [0, 0.1) is 6.92 Å². The number of thiophene rings is 1. The Morgan fingerprint density at radius 2 is 1.46 bits per heavy atom. The zero-order valence-corrected chi connectivity index (χ0v) is 23.2. The Balaban J connectivity index is 1.49. The molecule has 0 aliphatic rings. The summed E-state index contributed by atoms with van der Waals surface area (Å²) in [6, 6.07) is 25.3. The first-order valence-corrected chi connectivity index (χ1v) is 13.4. The molecule has 0 aliphatic carbocycles. The smallest absolute Gasteiger partial charge is 0.272 e. The quantitative estimate of drug-likeness (QED) is 0.222. The highest BCUT2D eigenvalue weighted by Gasteiger charge is 2.17. The van der Waals surface area contributed by atoms with E-state index in [2.05, 4.69) is 36.7 Å². The van der Waals surface area contributed by atoms with Gasteiger partial charge in [0.15, 0.2) is 0 Å². The molecule has 0 saturated carbocycles. The van der Waals surface area contributed by atoms with Crippen molar-refractivity contribution in [3.05, 3.63) is 123 Å². The van der Waals surface area contributed by atoms with Gasteiger partial charge in [-0.3, -0.25) is 14.4 Å². The summed E-state index contributed by atoms with van der Waals surface area (Å²) in [5, 5.41) is 10.4. The Labute approximate surface area is 232 Å². The van der Waals surface area contributed by atoms with E-state index in [1.54, 1.807) is 54.6 Å². The molecule has 6 nitrogen and oxygen atoms in total. The van der Waals surface area contributed by atoms with Gasteiger partial charge in [-0.25, -0.2) is 0 Å². The van der Waals surface area contributed by atoms with Crippen LogP contribution in [0.4, 0.5) is 11.4 Å². The molecule has 1 aromatic heterocycles. The number of benzene rings is 3. The van der Waals surface area contributed by atoms with Crippen LogP contribution in [-0.2, 0) is 10.2 Å². The molecule has 0 bridgehead atoms. The molecule has 0 saturated heterocycles. The lowest BCUT2D eigenvalue weighted by Gasteiger charge is -2.19. The zero-order valence-electron chi connectivity index (χ0n) is 22.4.